The van der Waals surface area contributed by atoms with Crippen LogP contribution in [-0.2, 0) is 23.8 Å². The number of fused-ring (bicyclic) bond motifs is 5. The second-order valence-electron chi connectivity index (χ2n) is 12.2. The maximum atomic E-state index is 13.6. The van der Waals surface area contributed by atoms with Crippen LogP contribution >= 0.6 is 0 Å². The minimum absolute atomic E-state index is 0.0395. The highest BCUT2D eigenvalue weighted by Crippen LogP contribution is 2.64. The standard InChI is InChI=1S/C29H36O10/c1-14-17(31)12-29(36)24(38-25(35)16-9-7-6-8-10-16)22-27(5,23(34)21(33)20(14)26(29,3)4)18(32)11-19-28(22,13-37-19)39-15(2)30/h6-10,18-19,21-24,32-34,36H,11-13H2,1-5H3/t18-,19?,21+,22?,23-,24-,27+,28-,29+/m0/s1. The molecule has 9 atom stereocenters. The van der Waals surface area contributed by atoms with Gasteiger partial charge in [0.15, 0.2) is 11.4 Å². The predicted molar refractivity (Wildman–Crippen MR) is 135 cm³/mol. The number of Topliss-reactive ketones (excluding diaryl/α,β-unsaturated/α-hetero) is 1. The Morgan fingerprint density at radius 1 is 1.08 bits per heavy atom. The lowest BCUT2D eigenvalue weighted by molar-refractivity contribution is -0.363. The number of benzene rings is 1. The van der Waals surface area contributed by atoms with E-state index in [1.54, 1.807) is 32.0 Å². The van der Waals surface area contributed by atoms with Crippen molar-refractivity contribution in [1.29, 1.82) is 0 Å². The van der Waals surface area contributed by atoms with Crippen molar-refractivity contribution in [2.75, 3.05) is 6.61 Å². The molecule has 0 amide bonds. The summed E-state index contributed by atoms with van der Waals surface area (Å²) in [4.78, 5) is 39.3. The molecule has 2 saturated carbocycles. The predicted octanol–water partition coefficient (Wildman–Crippen LogP) is 1.08. The lowest BCUT2D eigenvalue weighted by Gasteiger charge is -2.68. The number of hydrogen-bond donors (Lipinski definition) is 4. The van der Waals surface area contributed by atoms with E-state index in [1.165, 1.54) is 32.9 Å². The van der Waals surface area contributed by atoms with Gasteiger partial charge in [0, 0.05) is 30.6 Å². The zero-order valence-electron chi connectivity index (χ0n) is 22.7. The number of hydrogen-bond acceptors (Lipinski definition) is 10. The first-order chi connectivity index (χ1) is 18.1. The number of esters is 2. The average Bonchev–Trinajstić information content (AvgIpc) is 2.87. The molecule has 0 aromatic heterocycles. The zero-order valence-corrected chi connectivity index (χ0v) is 22.7. The Kier molecular flexibility index (Phi) is 6.40. The highest BCUT2D eigenvalue weighted by atomic mass is 16.6. The number of aliphatic hydroxyl groups excluding tert-OH is 3. The van der Waals surface area contributed by atoms with Gasteiger partial charge in [-0.15, -0.1) is 0 Å². The van der Waals surface area contributed by atoms with Crippen LogP contribution in [0.15, 0.2) is 41.5 Å². The van der Waals surface area contributed by atoms with Crippen LogP contribution in [0.25, 0.3) is 0 Å². The molecular formula is C29H36O10. The van der Waals surface area contributed by atoms with Crippen molar-refractivity contribution in [3.8, 4) is 0 Å². The van der Waals surface area contributed by atoms with Crippen LogP contribution in [-0.4, -0.2) is 86.5 Å². The minimum Gasteiger partial charge on any atom is -0.455 e. The van der Waals surface area contributed by atoms with E-state index in [2.05, 4.69) is 0 Å². The first-order valence-corrected chi connectivity index (χ1v) is 13.2. The van der Waals surface area contributed by atoms with Gasteiger partial charge < -0.3 is 34.6 Å². The van der Waals surface area contributed by atoms with Crippen molar-refractivity contribution in [3.63, 3.8) is 0 Å². The first-order valence-electron chi connectivity index (χ1n) is 13.2. The normalized spacial score (nSPS) is 42.7. The van der Waals surface area contributed by atoms with Gasteiger partial charge >= 0.3 is 11.9 Å². The van der Waals surface area contributed by atoms with E-state index in [9.17, 15) is 34.8 Å². The Balaban J connectivity index is 1.81. The number of carbonyl (C=O) groups is 3. The summed E-state index contributed by atoms with van der Waals surface area (Å²) >= 11 is 0. The molecule has 3 fully saturated rings. The molecule has 5 rings (SSSR count). The van der Waals surface area contributed by atoms with Gasteiger partial charge in [0.1, 0.15) is 23.9 Å². The molecule has 1 aromatic rings. The van der Waals surface area contributed by atoms with Crippen molar-refractivity contribution in [2.24, 2.45) is 16.7 Å². The van der Waals surface area contributed by atoms with Gasteiger partial charge in [-0.3, -0.25) is 9.59 Å². The van der Waals surface area contributed by atoms with Gasteiger partial charge in [0.25, 0.3) is 0 Å². The van der Waals surface area contributed by atoms with Crippen molar-refractivity contribution < 1.29 is 49.0 Å². The zero-order chi connectivity index (χ0) is 28.7. The quantitative estimate of drug-likeness (QED) is 0.406. The third-order valence-corrected chi connectivity index (χ3v) is 10.00. The highest BCUT2D eigenvalue weighted by Gasteiger charge is 2.77. The summed E-state index contributed by atoms with van der Waals surface area (Å²) in [6.45, 7) is 7.33. The smallest absolute Gasteiger partial charge is 0.338 e. The molecule has 10 nitrogen and oxygen atoms in total. The molecular weight excluding hydrogens is 508 g/mol. The second-order valence-corrected chi connectivity index (χ2v) is 12.2. The molecule has 0 radical (unpaired) electrons. The Morgan fingerprint density at radius 3 is 2.28 bits per heavy atom. The van der Waals surface area contributed by atoms with E-state index in [0.29, 0.717) is 0 Å². The number of ketones is 1. The van der Waals surface area contributed by atoms with E-state index in [-0.39, 0.29) is 29.7 Å². The van der Waals surface area contributed by atoms with Crippen molar-refractivity contribution >= 4 is 17.7 Å². The third kappa shape index (κ3) is 3.62. The van der Waals surface area contributed by atoms with E-state index in [4.69, 9.17) is 14.2 Å². The molecule has 0 spiro atoms. The number of allylic oxidation sites excluding steroid dienone is 1. The summed E-state index contributed by atoms with van der Waals surface area (Å²) in [5.41, 5.74) is -6.24. The van der Waals surface area contributed by atoms with E-state index < -0.39 is 82.6 Å². The molecule has 212 valence electrons. The molecule has 10 heteroatoms. The first kappa shape index (κ1) is 27.9. The average molecular weight is 545 g/mol. The largest absolute Gasteiger partial charge is 0.455 e. The molecule has 4 N–H and O–H groups in total. The van der Waals surface area contributed by atoms with Crippen LogP contribution in [0.4, 0.5) is 0 Å². The summed E-state index contributed by atoms with van der Waals surface area (Å²) < 4.78 is 17.7. The van der Waals surface area contributed by atoms with Crippen molar-refractivity contribution in [3.05, 3.63) is 47.0 Å². The maximum Gasteiger partial charge on any atom is 0.338 e. The Hall–Kier alpha value is -2.63. The Morgan fingerprint density at radius 2 is 1.72 bits per heavy atom. The van der Waals surface area contributed by atoms with Gasteiger partial charge in [-0.25, -0.2) is 4.79 Å². The second kappa shape index (κ2) is 8.94. The summed E-state index contributed by atoms with van der Waals surface area (Å²) in [5.74, 6) is -3.24. The summed E-state index contributed by atoms with van der Waals surface area (Å²) in [5, 5.41) is 47.6. The molecule has 39 heavy (non-hydrogen) atoms. The number of ether oxygens (including phenoxy) is 3. The van der Waals surface area contributed by atoms with Gasteiger partial charge in [-0.2, -0.15) is 0 Å². The Labute approximate surface area is 226 Å². The molecule has 1 saturated heterocycles. The molecule has 1 aliphatic heterocycles. The van der Waals surface area contributed by atoms with Crippen LogP contribution < -0.4 is 0 Å². The van der Waals surface area contributed by atoms with Crippen molar-refractivity contribution in [2.45, 2.75) is 89.2 Å². The van der Waals surface area contributed by atoms with Gasteiger partial charge in [0.05, 0.1) is 30.3 Å². The number of rotatable bonds is 3. The van der Waals surface area contributed by atoms with Gasteiger partial charge in [-0.1, -0.05) is 39.0 Å². The molecule has 2 bridgehead atoms. The van der Waals surface area contributed by atoms with E-state index >= 15 is 0 Å². The lowest BCUT2D eigenvalue weighted by atomic mass is 9.44. The lowest BCUT2D eigenvalue weighted by Crippen LogP contribution is -2.82. The monoisotopic (exact) mass is 544 g/mol. The van der Waals surface area contributed by atoms with E-state index in [0.717, 1.165) is 0 Å². The minimum atomic E-state index is -2.12. The fraction of sp³-hybridized carbons (Fsp3) is 0.621. The van der Waals surface area contributed by atoms with Gasteiger partial charge in [0.2, 0.25) is 0 Å². The number of carbonyl (C=O) groups excluding carboxylic acids is 3. The summed E-state index contributed by atoms with van der Waals surface area (Å²) in [7, 11) is 0. The van der Waals surface area contributed by atoms with Gasteiger partial charge in [-0.05, 0) is 30.2 Å². The van der Waals surface area contributed by atoms with E-state index in [1.807, 2.05) is 0 Å². The van der Waals surface area contributed by atoms with Crippen LogP contribution in [0.5, 0.6) is 0 Å². The summed E-state index contributed by atoms with van der Waals surface area (Å²) in [6, 6.07) is 8.08. The highest BCUT2D eigenvalue weighted by molar-refractivity contribution is 5.98. The van der Waals surface area contributed by atoms with Crippen molar-refractivity contribution in [1.82, 2.24) is 0 Å². The molecule has 1 aromatic carbocycles. The third-order valence-electron chi connectivity index (χ3n) is 10.00. The van der Waals surface area contributed by atoms with Crippen LogP contribution in [0.3, 0.4) is 0 Å². The Bertz CT molecular complexity index is 1240. The SMILES string of the molecule is CC(=O)O[C@@]12COC1C[C@H](O)[C@]1(C)C2[C@H](OC(=O)c2ccccc2)[C@]2(O)CC(=O)C(C)=C([C@@H](O)[C@@H]1O)C2(C)C. The van der Waals surface area contributed by atoms with Crippen LogP contribution in [0, 0.1) is 16.7 Å². The van der Waals surface area contributed by atoms with Crippen LogP contribution in [0.2, 0.25) is 0 Å². The molecule has 4 aliphatic rings. The molecule has 1 heterocycles. The maximum absolute atomic E-state index is 13.6. The molecule has 3 aliphatic carbocycles. The molecule has 2 unspecified atom stereocenters. The topological polar surface area (TPSA) is 160 Å². The number of aliphatic hydroxyl groups is 4. The van der Waals surface area contributed by atoms with Crippen LogP contribution in [0.1, 0.15) is 57.8 Å². The fourth-order valence-corrected chi connectivity index (χ4v) is 7.70. The fourth-order valence-electron chi connectivity index (χ4n) is 7.70. The summed E-state index contributed by atoms with van der Waals surface area (Å²) in [6.07, 6.45) is -7.57.